The topological polar surface area (TPSA) is 60.7 Å². The van der Waals surface area contributed by atoms with Crippen molar-refractivity contribution in [2.75, 3.05) is 0 Å². The van der Waals surface area contributed by atoms with Gasteiger partial charge in [-0.25, -0.2) is 4.79 Å². The summed E-state index contributed by atoms with van der Waals surface area (Å²) >= 11 is 0. The predicted octanol–water partition coefficient (Wildman–Crippen LogP) is 6.34. The number of halogens is 3. The number of carboxylic acid groups (broad SMARTS) is 1. The lowest BCUT2D eigenvalue weighted by atomic mass is 10.1. The van der Waals surface area contributed by atoms with Crippen molar-refractivity contribution < 1.29 is 32.5 Å². The maximum atomic E-state index is 13.3. The summed E-state index contributed by atoms with van der Waals surface area (Å²) < 4.78 is 52.4. The monoisotopic (exact) mass is 441 g/mol. The zero-order valence-electron chi connectivity index (χ0n) is 16.7. The number of ether oxygens (including phenoxy) is 2. The molecule has 0 fully saturated rings. The van der Waals surface area contributed by atoms with Crippen molar-refractivity contribution in [1.82, 2.24) is 4.57 Å². The van der Waals surface area contributed by atoms with Crippen molar-refractivity contribution in [1.29, 1.82) is 0 Å². The summed E-state index contributed by atoms with van der Waals surface area (Å²) in [7, 11) is 0. The van der Waals surface area contributed by atoms with Gasteiger partial charge >= 0.3 is 12.3 Å². The number of hydrogen-bond acceptors (Lipinski definition) is 3. The van der Waals surface area contributed by atoms with Crippen LogP contribution in [0.3, 0.4) is 0 Å². The number of hydrogen-bond donors (Lipinski definition) is 1. The fourth-order valence-electron chi connectivity index (χ4n) is 3.46. The highest BCUT2D eigenvalue weighted by atomic mass is 19.4. The van der Waals surface area contributed by atoms with Gasteiger partial charge in [0.15, 0.2) is 0 Å². The van der Waals surface area contributed by atoms with Gasteiger partial charge in [-0.3, -0.25) is 0 Å². The van der Waals surface area contributed by atoms with Crippen molar-refractivity contribution in [2.24, 2.45) is 0 Å². The van der Waals surface area contributed by atoms with Crippen LogP contribution in [0.5, 0.6) is 11.5 Å². The number of nitrogens with zero attached hydrogens (tertiary/aromatic N) is 1. The Hall–Kier alpha value is -3.94. The first kappa shape index (κ1) is 21.3. The Kier molecular flexibility index (Phi) is 5.77. The summed E-state index contributed by atoms with van der Waals surface area (Å²) in [6.07, 6.45) is -4.27. The van der Waals surface area contributed by atoms with Crippen molar-refractivity contribution in [2.45, 2.75) is 19.3 Å². The van der Waals surface area contributed by atoms with Crippen LogP contribution in [0.25, 0.3) is 10.9 Å². The van der Waals surface area contributed by atoms with Gasteiger partial charge in [0.2, 0.25) is 0 Å². The number of benzene rings is 3. The summed E-state index contributed by atoms with van der Waals surface area (Å²) in [5.41, 5.74) is 1.08. The molecule has 1 N–H and O–H groups in total. The van der Waals surface area contributed by atoms with E-state index in [4.69, 9.17) is 14.6 Å². The standard InChI is InChI=1S/C24H18F3NO4/c25-24(26,27)18-9-10-21(31-15-16-5-2-1-3-6-16)17(13-18)14-28-12-11-19-20(28)7-4-8-22(19)32-23(29)30/h1-13H,14-15H2,(H,29,30). The molecule has 4 rings (SSSR count). The molecule has 5 nitrogen and oxygen atoms in total. The Labute approximate surface area is 181 Å². The molecule has 0 amide bonds. The zero-order valence-corrected chi connectivity index (χ0v) is 16.7. The molecule has 8 heteroatoms. The minimum absolute atomic E-state index is 0.0913. The summed E-state index contributed by atoms with van der Waals surface area (Å²) in [5.74, 6) is 0.486. The van der Waals surface area contributed by atoms with E-state index in [2.05, 4.69) is 0 Å². The number of carbonyl (C=O) groups is 1. The van der Waals surface area contributed by atoms with Crippen LogP contribution in [0, 0.1) is 0 Å². The van der Waals surface area contributed by atoms with E-state index in [9.17, 15) is 18.0 Å². The molecule has 3 aromatic carbocycles. The first-order chi connectivity index (χ1) is 15.3. The average Bonchev–Trinajstić information content (AvgIpc) is 3.16. The molecule has 0 aliphatic carbocycles. The molecule has 0 atom stereocenters. The van der Waals surface area contributed by atoms with Crippen molar-refractivity contribution in [3.05, 3.63) is 95.7 Å². The van der Waals surface area contributed by atoms with Crippen LogP contribution in [0.1, 0.15) is 16.7 Å². The van der Waals surface area contributed by atoms with Gasteiger partial charge < -0.3 is 19.1 Å². The van der Waals surface area contributed by atoms with E-state index in [1.165, 1.54) is 12.1 Å². The Morgan fingerprint density at radius 3 is 2.44 bits per heavy atom. The largest absolute Gasteiger partial charge is 0.511 e. The van der Waals surface area contributed by atoms with Crippen LogP contribution in [-0.2, 0) is 19.3 Å². The Morgan fingerprint density at radius 2 is 1.72 bits per heavy atom. The lowest BCUT2D eigenvalue weighted by molar-refractivity contribution is -0.137. The minimum Gasteiger partial charge on any atom is -0.489 e. The van der Waals surface area contributed by atoms with E-state index in [1.807, 2.05) is 30.3 Å². The third-order valence-electron chi connectivity index (χ3n) is 4.94. The quantitative estimate of drug-likeness (QED) is 0.280. The second-order valence-electron chi connectivity index (χ2n) is 7.10. The molecule has 32 heavy (non-hydrogen) atoms. The number of fused-ring (bicyclic) bond motifs is 1. The SMILES string of the molecule is O=C(O)Oc1cccc2c1ccn2Cc1cc(C(F)(F)F)ccc1OCc1ccccc1. The van der Waals surface area contributed by atoms with Crippen LogP contribution in [0.15, 0.2) is 79.0 Å². The van der Waals surface area contributed by atoms with E-state index >= 15 is 0 Å². The van der Waals surface area contributed by atoms with Crippen molar-refractivity contribution >= 4 is 17.1 Å². The first-order valence-corrected chi connectivity index (χ1v) is 9.67. The summed E-state index contributed by atoms with van der Waals surface area (Å²) in [6, 6.07) is 19.2. The molecule has 4 aromatic rings. The molecule has 0 unspecified atom stereocenters. The van der Waals surface area contributed by atoms with E-state index in [1.54, 1.807) is 29.0 Å². The van der Waals surface area contributed by atoms with Gasteiger partial charge in [-0.05, 0) is 42.0 Å². The van der Waals surface area contributed by atoms with Crippen LogP contribution in [0.2, 0.25) is 0 Å². The third kappa shape index (κ3) is 4.69. The number of aromatic nitrogens is 1. The van der Waals surface area contributed by atoms with Crippen molar-refractivity contribution in [3.63, 3.8) is 0 Å². The number of alkyl halides is 3. The van der Waals surface area contributed by atoms with Crippen LogP contribution in [0.4, 0.5) is 18.0 Å². The molecule has 1 heterocycles. The van der Waals surface area contributed by atoms with Gasteiger partial charge in [-0.1, -0.05) is 36.4 Å². The van der Waals surface area contributed by atoms with E-state index in [-0.39, 0.29) is 18.9 Å². The van der Waals surface area contributed by atoms with E-state index in [0.29, 0.717) is 22.2 Å². The Bertz CT molecular complexity index is 1250. The molecule has 0 aliphatic heterocycles. The van der Waals surface area contributed by atoms with Gasteiger partial charge in [0.1, 0.15) is 18.1 Å². The smallest absolute Gasteiger partial charge is 0.489 e. The molecule has 0 bridgehead atoms. The van der Waals surface area contributed by atoms with Crippen LogP contribution >= 0.6 is 0 Å². The molecule has 0 saturated carbocycles. The highest BCUT2D eigenvalue weighted by molar-refractivity contribution is 5.88. The van der Waals surface area contributed by atoms with Crippen LogP contribution < -0.4 is 9.47 Å². The second-order valence-corrected chi connectivity index (χ2v) is 7.10. The fraction of sp³-hybridized carbons (Fsp3) is 0.125. The normalized spacial score (nSPS) is 11.5. The lowest BCUT2D eigenvalue weighted by Crippen LogP contribution is -2.09. The van der Waals surface area contributed by atoms with Gasteiger partial charge in [0, 0.05) is 17.1 Å². The first-order valence-electron chi connectivity index (χ1n) is 9.67. The van der Waals surface area contributed by atoms with Crippen molar-refractivity contribution in [3.8, 4) is 11.5 Å². The average molecular weight is 441 g/mol. The third-order valence-corrected chi connectivity index (χ3v) is 4.94. The highest BCUT2D eigenvalue weighted by Crippen LogP contribution is 2.34. The molecule has 1 aromatic heterocycles. The molecular formula is C24H18F3NO4. The van der Waals surface area contributed by atoms with Crippen LogP contribution in [-0.4, -0.2) is 15.8 Å². The molecular weight excluding hydrogens is 423 g/mol. The summed E-state index contributed by atoms with van der Waals surface area (Å²) in [6.45, 7) is 0.302. The Morgan fingerprint density at radius 1 is 0.938 bits per heavy atom. The summed E-state index contributed by atoms with van der Waals surface area (Å²) in [4.78, 5) is 10.9. The van der Waals surface area contributed by atoms with Gasteiger partial charge in [-0.15, -0.1) is 0 Å². The molecule has 164 valence electrons. The maximum absolute atomic E-state index is 13.3. The fourth-order valence-corrected chi connectivity index (χ4v) is 3.46. The second kappa shape index (κ2) is 8.66. The highest BCUT2D eigenvalue weighted by Gasteiger charge is 2.31. The molecule has 0 aliphatic rings. The maximum Gasteiger partial charge on any atom is 0.511 e. The predicted molar refractivity (Wildman–Crippen MR) is 112 cm³/mol. The molecule has 0 radical (unpaired) electrons. The molecule has 0 spiro atoms. The molecule has 0 saturated heterocycles. The van der Waals surface area contributed by atoms with E-state index < -0.39 is 17.9 Å². The minimum atomic E-state index is -4.49. The van der Waals surface area contributed by atoms with Gasteiger partial charge in [0.25, 0.3) is 0 Å². The Balaban J connectivity index is 1.69. The summed E-state index contributed by atoms with van der Waals surface area (Å²) in [5, 5.41) is 9.45. The number of rotatable bonds is 6. The lowest BCUT2D eigenvalue weighted by Gasteiger charge is -2.16. The zero-order chi connectivity index (χ0) is 22.7. The van der Waals surface area contributed by atoms with E-state index in [0.717, 1.165) is 17.7 Å². The van der Waals surface area contributed by atoms with Gasteiger partial charge in [0.05, 0.1) is 17.6 Å². The van der Waals surface area contributed by atoms with Gasteiger partial charge in [-0.2, -0.15) is 13.2 Å².